The number of urea groups is 1. The van der Waals surface area contributed by atoms with Gasteiger partial charge in [-0.25, -0.2) is 4.79 Å². The van der Waals surface area contributed by atoms with E-state index in [2.05, 4.69) is 10.6 Å². The molecule has 0 saturated heterocycles. The predicted molar refractivity (Wildman–Crippen MR) is 87.3 cm³/mol. The number of benzene rings is 1. The van der Waals surface area contributed by atoms with Crippen LogP contribution in [0.3, 0.4) is 0 Å². The number of amides is 2. The molecule has 0 bridgehead atoms. The molecule has 7 heteroatoms. The molecule has 112 valence electrons. The number of hydrogen-bond acceptors (Lipinski definition) is 3. The van der Waals surface area contributed by atoms with Gasteiger partial charge in [-0.2, -0.15) is 0 Å². The number of rotatable bonds is 6. The first kappa shape index (κ1) is 16.0. The molecule has 21 heavy (non-hydrogen) atoms. The summed E-state index contributed by atoms with van der Waals surface area (Å²) in [6, 6.07) is 12.6. The quantitative estimate of drug-likeness (QED) is 0.847. The van der Waals surface area contributed by atoms with E-state index in [1.165, 1.54) is 11.3 Å². The molecule has 2 rings (SSSR count). The molecule has 0 saturated carbocycles. The topological polar surface area (TPSA) is 58.2 Å². The minimum absolute atomic E-state index is 0.274. The van der Waals surface area contributed by atoms with Crippen molar-refractivity contribution in [2.24, 2.45) is 0 Å². The molecule has 4 nitrogen and oxygen atoms in total. The Morgan fingerprint density at radius 2 is 1.90 bits per heavy atom. The summed E-state index contributed by atoms with van der Waals surface area (Å²) in [7, 11) is -1.09. The molecule has 0 aliphatic heterocycles. The summed E-state index contributed by atoms with van der Waals surface area (Å²) in [6.45, 7) is 0.795. The Morgan fingerprint density at radius 1 is 1.14 bits per heavy atom. The Labute approximate surface area is 135 Å². The fourth-order valence-electron chi connectivity index (χ4n) is 1.62. The van der Waals surface area contributed by atoms with E-state index in [0.717, 1.165) is 9.77 Å². The van der Waals surface area contributed by atoms with E-state index >= 15 is 0 Å². The molecular formula is C14H15ClN2O2S2. The zero-order valence-corrected chi connectivity index (χ0v) is 13.6. The van der Waals surface area contributed by atoms with Crippen LogP contribution in [0.25, 0.3) is 0 Å². The third-order valence-electron chi connectivity index (χ3n) is 2.63. The van der Waals surface area contributed by atoms with Gasteiger partial charge in [0, 0.05) is 22.1 Å². The van der Waals surface area contributed by atoms with Crippen LogP contribution in [-0.2, 0) is 17.3 Å². The average Bonchev–Trinajstić information content (AvgIpc) is 2.91. The van der Waals surface area contributed by atoms with Gasteiger partial charge in [-0.3, -0.25) is 4.21 Å². The molecule has 2 amide bonds. The summed E-state index contributed by atoms with van der Waals surface area (Å²) in [5.74, 6) is 0.391. The van der Waals surface area contributed by atoms with E-state index in [4.69, 9.17) is 11.6 Å². The van der Waals surface area contributed by atoms with E-state index < -0.39 is 10.8 Å². The zero-order valence-electron chi connectivity index (χ0n) is 11.2. The molecule has 1 aromatic carbocycles. The maximum Gasteiger partial charge on any atom is 0.315 e. The van der Waals surface area contributed by atoms with Crippen molar-refractivity contribution >= 4 is 39.8 Å². The van der Waals surface area contributed by atoms with E-state index in [1.54, 1.807) is 6.07 Å². The number of nitrogens with one attached hydrogen (secondary N) is 2. The summed E-state index contributed by atoms with van der Waals surface area (Å²) >= 11 is 7.24. The highest BCUT2D eigenvalue weighted by molar-refractivity contribution is 7.85. The maximum absolute atomic E-state index is 11.9. The third kappa shape index (κ3) is 5.49. The molecule has 0 spiro atoms. The largest absolute Gasteiger partial charge is 0.337 e. The average molecular weight is 343 g/mol. The van der Waals surface area contributed by atoms with Crippen LogP contribution < -0.4 is 10.6 Å². The second-order valence-electron chi connectivity index (χ2n) is 4.18. The van der Waals surface area contributed by atoms with Crippen LogP contribution in [0.4, 0.5) is 4.79 Å². The molecule has 0 fully saturated rings. The zero-order chi connectivity index (χ0) is 15.1. The van der Waals surface area contributed by atoms with E-state index in [0.29, 0.717) is 23.2 Å². The van der Waals surface area contributed by atoms with Crippen molar-refractivity contribution in [3.05, 3.63) is 51.7 Å². The lowest BCUT2D eigenvalue weighted by molar-refractivity contribution is 0.241. The summed E-state index contributed by atoms with van der Waals surface area (Å²) in [6.07, 6.45) is 0. The summed E-state index contributed by atoms with van der Waals surface area (Å²) < 4.78 is 12.6. The SMILES string of the molecule is O=C(NCCS(=O)c1ccccc1)NCc1ccc(Cl)s1. The van der Waals surface area contributed by atoms with Crippen molar-refractivity contribution in [2.75, 3.05) is 12.3 Å². The minimum atomic E-state index is -1.09. The highest BCUT2D eigenvalue weighted by Crippen LogP contribution is 2.20. The van der Waals surface area contributed by atoms with Crippen LogP contribution in [-0.4, -0.2) is 22.5 Å². The Kier molecular flexibility index (Phi) is 6.22. The van der Waals surface area contributed by atoms with Gasteiger partial charge >= 0.3 is 6.03 Å². The van der Waals surface area contributed by atoms with Crippen LogP contribution >= 0.6 is 22.9 Å². The van der Waals surface area contributed by atoms with Crippen molar-refractivity contribution < 1.29 is 9.00 Å². The molecule has 0 aliphatic rings. The summed E-state index contributed by atoms with van der Waals surface area (Å²) in [5, 5.41) is 5.42. The Morgan fingerprint density at radius 3 is 2.57 bits per heavy atom. The molecule has 1 unspecified atom stereocenters. The highest BCUT2D eigenvalue weighted by atomic mass is 35.5. The molecule has 0 radical (unpaired) electrons. The second kappa shape index (κ2) is 8.17. The van der Waals surface area contributed by atoms with Gasteiger partial charge in [0.05, 0.1) is 21.7 Å². The molecular weight excluding hydrogens is 328 g/mol. The van der Waals surface area contributed by atoms with Crippen LogP contribution in [0.1, 0.15) is 4.88 Å². The molecule has 2 N–H and O–H groups in total. The van der Waals surface area contributed by atoms with E-state index in [9.17, 15) is 9.00 Å². The van der Waals surface area contributed by atoms with E-state index in [1.807, 2.05) is 36.4 Å². The Balaban J connectivity index is 1.66. The first-order valence-corrected chi connectivity index (χ1v) is 8.86. The first-order valence-electron chi connectivity index (χ1n) is 6.34. The summed E-state index contributed by atoms with van der Waals surface area (Å²) in [5.41, 5.74) is 0. The van der Waals surface area contributed by atoms with Crippen molar-refractivity contribution in [1.29, 1.82) is 0 Å². The monoisotopic (exact) mass is 342 g/mol. The number of carbonyl (C=O) groups excluding carboxylic acids is 1. The van der Waals surface area contributed by atoms with Gasteiger partial charge in [-0.05, 0) is 24.3 Å². The van der Waals surface area contributed by atoms with E-state index in [-0.39, 0.29) is 6.03 Å². The van der Waals surface area contributed by atoms with Gasteiger partial charge < -0.3 is 10.6 Å². The molecule has 1 aromatic heterocycles. The van der Waals surface area contributed by atoms with Gasteiger partial charge in [0.25, 0.3) is 0 Å². The number of carbonyl (C=O) groups is 1. The fourth-order valence-corrected chi connectivity index (χ4v) is 3.64. The van der Waals surface area contributed by atoms with Crippen LogP contribution in [0, 0.1) is 0 Å². The number of thiophene rings is 1. The van der Waals surface area contributed by atoms with Gasteiger partial charge in [0.15, 0.2) is 0 Å². The van der Waals surface area contributed by atoms with Crippen LogP contribution in [0.2, 0.25) is 4.34 Å². The lowest BCUT2D eigenvalue weighted by Gasteiger charge is -2.06. The summed E-state index contributed by atoms with van der Waals surface area (Å²) in [4.78, 5) is 13.4. The molecule has 2 aromatic rings. The molecule has 1 atom stereocenters. The van der Waals surface area contributed by atoms with Crippen LogP contribution in [0.5, 0.6) is 0 Å². The minimum Gasteiger partial charge on any atom is -0.337 e. The van der Waals surface area contributed by atoms with Gasteiger partial charge in [0.2, 0.25) is 0 Å². The molecule has 1 heterocycles. The lowest BCUT2D eigenvalue weighted by atomic mass is 10.4. The normalized spacial score (nSPS) is 11.9. The van der Waals surface area contributed by atoms with Gasteiger partial charge in [-0.1, -0.05) is 29.8 Å². The number of halogens is 1. The van der Waals surface area contributed by atoms with Crippen molar-refractivity contribution in [3.63, 3.8) is 0 Å². The Bertz CT molecular complexity index is 616. The fraction of sp³-hybridized carbons (Fsp3) is 0.214. The Hall–Kier alpha value is -1.37. The van der Waals surface area contributed by atoms with Crippen molar-refractivity contribution in [1.82, 2.24) is 10.6 Å². The van der Waals surface area contributed by atoms with Gasteiger partial charge in [0.1, 0.15) is 0 Å². The van der Waals surface area contributed by atoms with Gasteiger partial charge in [-0.15, -0.1) is 11.3 Å². The molecule has 0 aliphatic carbocycles. The van der Waals surface area contributed by atoms with Crippen molar-refractivity contribution in [3.8, 4) is 0 Å². The lowest BCUT2D eigenvalue weighted by Crippen LogP contribution is -2.36. The standard InChI is InChI=1S/C14H15ClN2O2S2/c15-13-7-6-11(20-13)10-17-14(18)16-8-9-21(19)12-4-2-1-3-5-12/h1-7H,8-10H2,(H2,16,17,18). The van der Waals surface area contributed by atoms with Crippen molar-refractivity contribution in [2.45, 2.75) is 11.4 Å². The second-order valence-corrected chi connectivity index (χ2v) is 7.55. The third-order valence-corrected chi connectivity index (χ3v) is 5.24. The maximum atomic E-state index is 11.9. The first-order chi connectivity index (χ1) is 10.1. The van der Waals surface area contributed by atoms with Crippen LogP contribution in [0.15, 0.2) is 47.4 Å². The highest BCUT2D eigenvalue weighted by Gasteiger charge is 2.05. The number of hydrogen-bond donors (Lipinski definition) is 2. The smallest absolute Gasteiger partial charge is 0.315 e. The predicted octanol–water partition coefficient (Wildman–Crippen LogP) is 3.01.